The molecule has 2 aliphatic carbocycles. The summed E-state index contributed by atoms with van der Waals surface area (Å²) in [5.41, 5.74) is 3.04. The number of carbonyl (C=O) groups is 1. The van der Waals surface area contributed by atoms with E-state index >= 15 is 0 Å². The van der Waals surface area contributed by atoms with E-state index < -0.39 is 23.0 Å². The number of aromatic nitrogens is 5. The first-order chi connectivity index (χ1) is 21.8. The Hall–Kier alpha value is -4.67. The van der Waals surface area contributed by atoms with Crippen LogP contribution >= 0.6 is 0 Å². The Bertz CT molecular complexity index is 2070. The molecule has 3 fully saturated rings. The summed E-state index contributed by atoms with van der Waals surface area (Å²) < 4.78 is 38.0. The summed E-state index contributed by atoms with van der Waals surface area (Å²) in [6.07, 6.45) is 8.11. The number of likely N-dealkylation sites (tertiary alicyclic amines) is 1. The zero-order valence-electron chi connectivity index (χ0n) is 25.0. The number of fused-ring (bicyclic) bond motifs is 2. The van der Waals surface area contributed by atoms with Crippen molar-refractivity contribution in [2.45, 2.75) is 57.7 Å². The predicted molar refractivity (Wildman–Crippen MR) is 164 cm³/mol. The molecule has 5 aromatic rings. The molecule has 1 saturated heterocycles. The first-order valence-electron chi connectivity index (χ1n) is 15.5. The van der Waals surface area contributed by atoms with Gasteiger partial charge in [0.2, 0.25) is 11.2 Å². The highest BCUT2D eigenvalue weighted by atomic mass is 19.2. The summed E-state index contributed by atoms with van der Waals surface area (Å²) in [5, 5.41) is 9.83. The third-order valence-electron chi connectivity index (χ3n) is 9.66. The minimum Gasteiger partial charge on any atom is -0.491 e. The molecular weight excluding hydrogens is 578 g/mol. The highest BCUT2D eigenvalue weighted by Crippen LogP contribution is 2.46. The van der Waals surface area contributed by atoms with Crippen molar-refractivity contribution in [1.29, 1.82) is 0 Å². The average molecular weight is 611 g/mol. The monoisotopic (exact) mass is 610 g/mol. The summed E-state index contributed by atoms with van der Waals surface area (Å²) in [5.74, 6) is -2.25. The molecule has 3 aromatic heterocycles. The molecule has 0 bridgehead atoms. The van der Waals surface area contributed by atoms with E-state index in [9.17, 15) is 18.4 Å². The van der Waals surface area contributed by atoms with Gasteiger partial charge in [-0.15, -0.1) is 5.10 Å². The second-order valence-corrected chi connectivity index (χ2v) is 12.7. The van der Waals surface area contributed by atoms with Gasteiger partial charge in [0.15, 0.2) is 11.6 Å². The minimum absolute atomic E-state index is 0.0181. The van der Waals surface area contributed by atoms with Gasteiger partial charge in [-0.25, -0.2) is 9.07 Å². The van der Waals surface area contributed by atoms with Crippen molar-refractivity contribution in [3.05, 3.63) is 81.9 Å². The number of halogens is 2. The maximum Gasteiger partial charge on any atom is 0.259 e. The number of carbonyl (C=O) groups excluding carboxylic acids is 1. The molecule has 8 rings (SSSR count). The summed E-state index contributed by atoms with van der Waals surface area (Å²) in [6, 6.07) is 10.7. The van der Waals surface area contributed by atoms with Crippen LogP contribution in [0.25, 0.3) is 33.1 Å². The zero-order chi connectivity index (χ0) is 31.0. The van der Waals surface area contributed by atoms with Crippen LogP contribution in [0.5, 0.6) is 5.75 Å². The SMILES string of the molecule is COc1c(F)c(F)cc2c(=O)c(C(=O)N3CCC(C4CC4)C3Cn3cc(-c4ccc5nc(C)ccc5c4)nn3)cn(C3CC3)c12. The van der Waals surface area contributed by atoms with Crippen molar-refractivity contribution in [2.24, 2.45) is 11.8 Å². The van der Waals surface area contributed by atoms with Crippen LogP contribution in [0.4, 0.5) is 8.78 Å². The van der Waals surface area contributed by atoms with Crippen molar-refractivity contribution >= 4 is 27.7 Å². The highest BCUT2D eigenvalue weighted by Gasteiger charge is 2.46. The van der Waals surface area contributed by atoms with Crippen molar-refractivity contribution in [3.63, 3.8) is 0 Å². The van der Waals surface area contributed by atoms with Crippen LogP contribution in [0, 0.1) is 30.4 Å². The van der Waals surface area contributed by atoms with E-state index in [1.165, 1.54) is 13.3 Å². The van der Waals surface area contributed by atoms with Crippen LogP contribution in [-0.2, 0) is 6.54 Å². The Morgan fingerprint density at radius 2 is 1.87 bits per heavy atom. The van der Waals surface area contributed by atoms with Gasteiger partial charge >= 0.3 is 0 Å². The lowest BCUT2D eigenvalue weighted by Gasteiger charge is -2.28. The molecule has 0 radical (unpaired) electrons. The van der Waals surface area contributed by atoms with Gasteiger partial charge in [0.1, 0.15) is 11.3 Å². The van der Waals surface area contributed by atoms with Gasteiger partial charge in [-0.2, -0.15) is 4.39 Å². The third-order valence-corrected chi connectivity index (χ3v) is 9.66. The summed E-state index contributed by atoms with van der Waals surface area (Å²) in [6.45, 7) is 2.91. The zero-order valence-corrected chi connectivity index (χ0v) is 25.0. The Morgan fingerprint density at radius 1 is 1.04 bits per heavy atom. The van der Waals surface area contributed by atoms with E-state index in [-0.39, 0.29) is 40.2 Å². The Labute approximate surface area is 257 Å². The van der Waals surface area contributed by atoms with Crippen LogP contribution in [0.3, 0.4) is 0 Å². The molecule has 0 spiro atoms. The van der Waals surface area contributed by atoms with Crippen LogP contribution < -0.4 is 10.2 Å². The van der Waals surface area contributed by atoms with Gasteiger partial charge in [0.25, 0.3) is 5.91 Å². The number of pyridine rings is 2. The number of rotatable bonds is 7. The van der Waals surface area contributed by atoms with Gasteiger partial charge in [-0.1, -0.05) is 17.3 Å². The lowest BCUT2D eigenvalue weighted by Crippen LogP contribution is -2.43. The normalized spacial score (nSPS) is 20.0. The quantitative estimate of drug-likeness (QED) is 0.235. The smallest absolute Gasteiger partial charge is 0.259 e. The van der Waals surface area contributed by atoms with E-state index in [4.69, 9.17) is 4.74 Å². The fourth-order valence-electron chi connectivity index (χ4n) is 7.10. The predicted octanol–water partition coefficient (Wildman–Crippen LogP) is 5.68. The van der Waals surface area contributed by atoms with Crippen molar-refractivity contribution in [1.82, 2.24) is 29.4 Å². The van der Waals surface area contributed by atoms with Gasteiger partial charge in [0.05, 0.1) is 42.3 Å². The molecule has 2 unspecified atom stereocenters. The van der Waals surface area contributed by atoms with Crippen molar-refractivity contribution in [2.75, 3.05) is 13.7 Å². The first kappa shape index (κ1) is 27.8. The lowest BCUT2D eigenvalue weighted by molar-refractivity contribution is 0.0690. The fourth-order valence-corrected chi connectivity index (χ4v) is 7.10. The Balaban J connectivity index is 1.14. The first-order valence-corrected chi connectivity index (χ1v) is 15.5. The molecule has 2 saturated carbocycles. The van der Waals surface area contributed by atoms with Crippen LogP contribution in [-0.4, -0.2) is 55.0 Å². The van der Waals surface area contributed by atoms with Gasteiger partial charge in [-0.3, -0.25) is 14.6 Å². The van der Waals surface area contributed by atoms with Gasteiger partial charge in [-0.05, 0) is 75.1 Å². The molecule has 3 aliphatic rings. The molecule has 45 heavy (non-hydrogen) atoms. The molecule has 2 aromatic carbocycles. The lowest BCUT2D eigenvalue weighted by atomic mass is 9.94. The van der Waals surface area contributed by atoms with Crippen molar-refractivity contribution in [3.8, 4) is 17.0 Å². The molecule has 1 amide bonds. The van der Waals surface area contributed by atoms with E-state index in [1.54, 1.807) is 14.1 Å². The number of nitrogens with zero attached hydrogens (tertiary/aromatic N) is 6. The largest absolute Gasteiger partial charge is 0.491 e. The number of benzene rings is 2. The van der Waals surface area contributed by atoms with E-state index in [1.807, 2.05) is 43.5 Å². The van der Waals surface area contributed by atoms with Gasteiger partial charge < -0.3 is 14.2 Å². The summed E-state index contributed by atoms with van der Waals surface area (Å²) in [7, 11) is 1.25. The Morgan fingerprint density at radius 3 is 2.62 bits per heavy atom. The van der Waals surface area contributed by atoms with E-state index in [2.05, 4.69) is 15.3 Å². The molecule has 0 N–H and O–H groups in total. The summed E-state index contributed by atoms with van der Waals surface area (Å²) >= 11 is 0. The van der Waals surface area contributed by atoms with E-state index in [0.29, 0.717) is 19.0 Å². The molecule has 11 heteroatoms. The van der Waals surface area contributed by atoms with Crippen LogP contribution in [0.2, 0.25) is 0 Å². The second kappa shape index (κ2) is 10.5. The molecule has 230 valence electrons. The minimum atomic E-state index is -1.18. The number of aryl methyl sites for hydroxylation is 1. The maximum absolute atomic E-state index is 14.7. The third kappa shape index (κ3) is 4.76. The molecule has 4 heterocycles. The fraction of sp³-hybridized carbons (Fsp3) is 0.382. The van der Waals surface area contributed by atoms with Crippen LogP contribution in [0.15, 0.2) is 53.6 Å². The number of methoxy groups -OCH3 is 1. The average Bonchev–Trinajstić information content (AvgIpc) is 3.98. The number of hydrogen-bond donors (Lipinski definition) is 0. The highest BCUT2D eigenvalue weighted by molar-refractivity contribution is 5.99. The van der Waals surface area contributed by atoms with Gasteiger partial charge in [0, 0.05) is 35.4 Å². The standard InChI is InChI=1S/C34H32F2N6O3/c1-18-3-4-20-13-21(7-10-27(20)37-18)28-16-40(39-38-28)17-29-23(19-5-6-19)11-12-41(29)34(44)25-15-42(22-8-9-22)31-24(32(25)43)14-26(35)30(36)33(31)45-2/h3-4,7,10,13-16,19,22-23,29H,5-6,8-9,11-12,17H2,1-2H3. The second-order valence-electron chi connectivity index (χ2n) is 12.7. The number of hydrogen-bond acceptors (Lipinski definition) is 6. The molecule has 2 atom stereocenters. The maximum atomic E-state index is 14.7. The number of amides is 1. The molecule has 9 nitrogen and oxygen atoms in total. The number of ether oxygens (including phenoxy) is 1. The van der Waals surface area contributed by atoms with Crippen LogP contribution in [0.1, 0.15) is 54.2 Å². The molecular formula is C34H32F2N6O3. The van der Waals surface area contributed by atoms with E-state index in [0.717, 1.165) is 66.0 Å². The van der Waals surface area contributed by atoms with Crippen molar-refractivity contribution < 1.29 is 18.3 Å². The summed E-state index contributed by atoms with van der Waals surface area (Å²) in [4.78, 5) is 34.4. The Kier molecular flexibility index (Phi) is 6.47. The molecule has 1 aliphatic heterocycles. The topological polar surface area (TPSA) is 95.1 Å².